The van der Waals surface area contributed by atoms with Gasteiger partial charge in [0.15, 0.2) is 0 Å². The number of nitrogens with two attached hydrogens (primary N) is 1. The van der Waals surface area contributed by atoms with Crippen LogP contribution in [0, 0.1) is 5.41 Å². The fourth-order valence-electron chi connectivity index (χ4n) is 1.67. The predicted molar refractivity (Wildman–Crippen MR) is 62.4 cm³/mol. The van der Waals surface area contributed by atoms with Crippen molar-refractivity contribution in [3.05, 3.63) is 0 Å². The number of carbonyl (C=O) groups is 1. The zero-order chi connectivity index (χ0) is 11.6. The summed E-state index contributed by atoms with van der Waals surface area (Å²) in [5, 5.41) is 8.90. The van der Waals surface area contributed by atoms with Crippen LogP contribution >= 0.6 is 12.2 Å². The Morgan fingerprint density at radius 1 is 1.60 bits per heavy atom. The van der Waals surface area contributed by atoms with Crippen LogP contribution in [0.1, 0.15) is 26.7 Å². The third-order valence-corrected chi connectivity index (χ3v) is 3.25. The summed E-state index contributed by atoms with van der Waals surface area (Å²) in [4.78, 5) is 14.1. The first-order valence-electron chi connectivity index (χ1n) is 5.17. The average molecular weight is 230 g/mol. The van der Waals surface area contributed by atoms with E-state index in [-0.39, 0.29) is 23.5 Å². The van der Waals surface area contributed by atoms with Gasteiger partial charge in [0.2, 0.25) is 5.91 Å². The highest BCUT2D eigenvalue weighted by molar-refractivity contribution is 7.80. The maximum atomic E-state index is 12.1. The zero-order valence-electron chi connectivity index (χ0n) is 9.19. The first-order valence-corrected chi connectivity index (χ1v) is 5.58. The molecule has 0 aromatic heterocycles. The Balaban J connectivity index is 2.77. The van der Waals surface area contributed by atoms with Crippen molar-refractivity contribution in [3.8, 4) is 0 Å². The number of hydrogen-bond acceptors (Lipinski definition) is 3. The van der Waals surface area contributed by atoms with Crippen molar-refractivity contribution in [2.45, 2.75) is 32.7 Å². The topological polar surface area (TPSA) is 66.6 Å². The highest BCUT2D eigenvalue weighted by Crippen LogP contribution is 2.47. The normalized spacial score (nSPS) is 17.6. The molecular weight excluding hydrogens is 212 g/mol. The van der Waals surface area contributed by atoms with Crippen molar-refractivity contribution >= 4 is 23.1 Å². The lowest BCUT2D eigenvalue weighted by Crippen LogP contribution is -2.47. The standard InChI is InChI=1S/C10H18N2O2S/c1-7(2)12(5-6-13)9(14)10(3-4-10)8(11)15/h7,13H,3-6H2,1-2H3,(H2,11,15). The molecule has 3 N–H and O–H groups in total. The SMILES string of the molecule is CC(C)N(CCO)C(=O)C1(C(N)=S)CC1. The van der Waals surface area contributed by atoms with Gasteiger partial charge in [-0.15, -0.1) is 0 Å². The molecule has 1 aliphatic carbocycles. The Kier molecular flexibility index (Phi) is 3.67. The highest BCUT2D eigenvalue weighted by atomic mass is 32.1. The number of rotatable bonds is 5. The zero-order valence-corrected chi connectivity index (χ0v) is 10.0. The van der Waals surface area contributed by atoms with Crippen LogP contribution in [-0.4, -0.2) is 40.1 Å². The molecule has 0 saturated heterocycles. The van der Waals surface area contributed by atoms with Crippen molar-refractivity contribution in [3.63, 3.8) is 0 Å². The fraction of sp³-hybridized carbons (Fsp3) is 0.800. The minimum absolute atomic E-state index is 0.0287. The fourth-order valence-corrected chi connectivity index (χ4v) is 1.96. The van der Waals surface area contributed by atoms with E-state index in [9.17, 15) is 4.79 Å². The second kappa shape index (κ2) is 4.45. The number of thiocarbonyl (C=S) groups is 1. The van der Waals surface area contributed by atoms with E-state index < -0.39 is 5.41 Å². The van der Waals surface area contributed by atoms with Gasteiger partial charge in [-0.05, 0) is 26.7 Å². The smallest absolute Gasteiger partial charge is 0.235 e. The van der Waals surface area contributed by atoms with Gasteiger partial charge in [0.05, 0.1) is 17.0 Å². The molecule has 0 bridgehead atoms. The molecule has 15 heavy (non-hydrogen) atoms. The van der Waals surface area contributed by atoms with Gasteiger partial charge in [0.1, 0.15) is 0 Å². The van der Waals surface area contributed by atoms with Gasteiger partial charge in [0.25, 0.3) is 0 Å². The maximum absolute atomic E-state index is 12.1. The summed E-state index contributed by atoms with van der Waals surface area (Å²) >= 11 is 4.93. The van der Waals surface area contributed by atoms with Gasteiger partial charge in [-0.2, -0.15) is 0 Å². The highest BCUT2D eigenvalue weighted by Gasteiger charge is 2.54. The van der Waals surface area contributed by atoms with E-state index in [1.165, 1.54) is 0 Å². The molecule has 4 nitrogen and oxygen atoms in total. The molecule has 0 aromatic rings. The minimum Gasteiger partial charge on any atom is -0.395 e. The van der Waals surface area contributed by atoms with Crippen molar-refractivity contribution in [2.24, 2.45) is 11.1 Å². The summed E-state index contributed by atoms with van der Waals surface area (Å²) < 4.78 is 0. The van der Waals surface area contributed by atoms with E-state index in [1.807, 2.05) is 13.8 Å². The van der Waals surface area contributed by atoms with Crippen LogP contribution in [0.15, 0.2) is 0 Å². The van der Waals surface area contributed by atoms with E-state index in [2.05, 4.69) is 0 Å². The summed E-state index contributed by atoms with van der Waals surface area (Å²) in [5.41, 5.74) is 4.99. The van der Waals surface area contributed by atoms with Gasteiger partial charge in [0, 0.05) is 12.6 Å². The molecule has 1 saturated carbocycles. The predicted octanol–water partition coefficient (Wildman–Crippen LogP) is 0.282. The molecule has 0 atom stereocenters. The summed E-state index contributed by atoms with van der Waals surface area (Å²) in [6.45, 7) is 4.16. The number of aliphatic hydroxyl groups is 1. The molecule has 1 amide bonds. The summed E-state index contributed by atoms with van der Waals surface area (Å²) in [7, 11) is 0. The summed E-state index contributed by atoms with van der Waals surface area (Å²) in [5.74, 6) is -0.0287. The Labute approximate surface area is 95.4 Å². The number of aliphatic hydroxyl groups excluding tert-OH is 1. The van der Waals surface area contributed by atoms with Crippen LogP contribution in [-0.2, 0) is 4.79 Å². The third-order valence-electron chi connectivity index (χ3n) is 2.86. The van der Waals surface area contributed by atoms with Gasteiger partial charge < -0.3 is 15.7 Å². The molecule has 1 rings (SSSR count). The lowest BCUT2D eigenvalue weighted by atomic mass is 10.0. The molecule has 1 fully saturated rings. The Morgan fingerprint density at radius 2 is 2.13 bits per heavy atom. The Hall–Kier alpha value is -0.680. The Morgan fingerprint density at radius 3 is 2.40 bits per heavy atom. The van der Waals surface area contributed by atoms with Gasteiger partial charge in [-0.1, -0.05) is 12.2 Å². The van der Waals surface area contributed by atoms with Crippen LogP contribution in [0.4, 0.5) is 0 Å². The number of carbonyl (C=O) groups excluding carboxylic acids is 1. The molecule has 1 aliphatic rings. The summed E-state index contributed by atoms with van der Waals surface area (Å²) in [6, 6.07) is 0.0662. The molecule has 86 valence electrons. The molecule has 0 spiro atoms. The second-order valence-electron chi connectivity index (χ2n) is 4.26. The molecule has 5 heteroatoms. The minimum atomic E-state index is -0.602. The lowest BCUT2D eigenvalue weighted by molar-refractivity contribution is -0.136. The van der Waals surface area contributed by atoms with Gasteiger partial charge >= 0.3 is 0 Å². The quantitative estimate of drug-likeness (QED) is 0.666. The molecule has 0 unspecified atom stereocenters. The molecule has 0 heterocycles. The largest absolute Gasteiger partial charge is 0.395 e. The molecule has 0 aliphatic heterocycles. The number of hydrogen-bond donors (Lipinski definition) is 2. The van der Waals surface area contributed by atoms with Gasteiger partial charge in [-0.25, -0.2) is 0 Å². The van der Waals surface area contributed by atoms with Crippen molar-refractivity contribution in [1.82, 2.24) is 4.90 Å². The molecular formula is C10H18N2O2S. The van der Waals surface area contributed by atoms with E-state index in [4.69, 9.17) is 23.1 Å². The van der Waals surface area contributed by atoms with Crippen molar-refractivity contribution < 1.29 is 9.90 Å². The molecule has 0 aromatic carbocycles. The molecule has 0 radical (unpaired) electrons. The van der Waals surface area contributed by atoms with E-state index in [1.54, 1.807) is 4.90 Å². The van der Waals surface area contributed by atoms with E-state index in [0.29, 0.717) is 6.54 Å². The first-order chi connectivity index (χ1) is 6.95. The van der Waals surface area contributed by atoms with E-state index >= 15 is 0 Å². The van der Waals surface area contributed by atoms with Crippen LogP contribution in [0.25, 0.3) is 0 Å². The van der Waals surface area contributed by atoms with Crippen LogP contribution in [0.5, 0.6) is 0 Å². The van der Waals surface area contributed by atoms with Crippen LogP contribution in [0.3, 0.4) is 0 Å². The Bertz CT molecular complexity index is 275. The van der Waals surface area contributed by atoms with Crippen LogP contribution in [0.2, 0.25) is 0 Å². The van der Waals surface area contributed by atoms with E-state index in [0.717, 1.165) is 12.8 Å². The van der Waals surface area contributed by atoms with Crippen molar-refractivity contribution in [2.75, 3.05) is 13.2 Å². The monoisotopic (exact) mass is 230 g/mol. The first kappa shape index (κ1) is 12.4. The number of nitrogens with zero attached hydrogens (tertiary/aromatic N) is 1. The van der Waals surface area contributed by atoms with Crippen LogP contribution < -0.4 is 5.73 Å². The summed E-state index contributed by atoms with van der Waals surface area (Å²) in [6.07, 6.45) is 1.49. The lowest BCUT2D eigenvalue weighted by Gasteiger charge is -2.29. The second-order valence-corrected chi connectivity index (χ2v) is 4.70. The maximum Gasteiger partial charge on any atom is 0.235 e. The number of amides is 1. The van der Waals surface area contributed by atoms with Gasteiger partial charge in [-0.3, -0.25) is 4.79 Å². The third kappa shape index (κ3) is 2.29. The van der Waals surface area contributed by atoms with Crippen molar-refractivity contribution in [1.29, 1.82) is 0 Å². The average Bonchev–Trinajstić information content (AvgIpc) is 2.93.